The van der Waals surface area contributed by atoms with Gasteiger partial charge in [0.1, 0.15) is 0 Å². The van der Waals surface area contributed by atoms with Gasteiger partial charge in [-0.15, -0.1) is 0 Å². The summed E-state index contributed by atoms with van der Waals surface area (Å²) in [6, 6.07) is 11.4. The number of ether oxygens (including phenoxy) is 1. The van der Waals surface area contributed by atoms with Crippen LogP contribution in [-0.2, 0) is 22.3 Å². The Balaban J connectivity index is 1.71. The number of carbonyl (C=O) groups excluding carboxylic acids is 1. The zero-order valence-electron chi connectivity index (χ0n) is 15.5. The smallest absolute Gasteiger partial charge is 0.398 e. The first-order valence-corrected chi connectivity index (χ1v) is 8.60. The van der Waals surface area contributed by atoms with E-state index in [9.17, 15) is 18.0 Å². The molecule has 3 aromatic rings. The number of halogens is 3. The molecule has 0 fully saturated rings. The first kappa shape index (κ1) is 20.3. The molecule has 150 valence electrons. The zero-order valence-corrected chi connectivity index (χ0v) is 15.5. The average Bonchev–Trinajstić information content (AvgIpc) is 2.67. The molecule has 1 aromatic heterocycles. The fourth-order valence-electron chi connectivity index (χ4n) is 2.75. The number of pyridine rings is 1. The second-order valence-corrected chi connectivity index (χ2v) is 6.31. The van der Waals surface area contributed by atoms with Gasteiger partial charge in [-0.3, -0.25) is 9.78 Å². The minimum absolute atomic E-state index is 0.341. The van der Waals surface area contributed by atoms with E-state index in [4.69, 9.17) is 10.5 Å². The molecule has 29 heavy (non-hydrogen) atoms. The molecular weight excluding hydrogens is 383 g/mol. The maximum absolute atomic E-state index is 12.6. The van der Waals surface area contributed by atoms with Gasteiger partial charge in [-0.1, -0.05) is 12.1 Å². The van der Waals surface area contributed by atoms with Crippen molar-refractivity contribution in [2.75, 3.05) is 18.2 Å². The van der Waals surface area contributed by atoms with Crippen LogP contribution in [0.5, 0.6) is 0 Å². The van der Waals surface area contributed by atoms with Gasteiger partial charge >= 0.3 is 6.18 Å². The van der Waals surface area contributed by atoms with Crippen molar-refractivity contribution in [2.24, 2.45) is 0 Å². The van der Waals surface area contributed by atoms with Crippen LogP contribution in [0.1, 0.15) is 16.8 Å². The minimum Gasteiger partial charge on any atom is -0.398 e. The van der Waals surface area contributed by atoms with Crippen molar-refractivity contribution in [1.29, 1.82) is 0 Å². The van der Waals surface area contributed by atoms with E-state index in [1.165, 1.54) is 24.3 Å². The number of carbonyl (C=O) groups is 1. The van der Waals surface area contributed by atoms with E-state index in [-0.39, 0.29) is 0 Å². The van der Waals surface area contributed by atoms with Crippen LogP contribution in [0.25, 0.3) is 17.0 Å². The van der Waals surface area contributed by atoms with Crippen molar-refractivity contribution in [3.63, 3.8) is 0 Å². The molecule has 1 amide bonds. The van der Waals surface area contributed by atoms with Crippen LogP contribution in [0.3, 0.4) is 0 Å². The molecule has 1 heterocycles. The molecule has 0 unspecified atom stereocenters. The Morgan fingerprint density at radius 1 is 1.17 bits per heavy atom. The molecule has 0 spiro atoms. The number of nitrogens with zero attached hydrogens (tertiary/aromatic N) is 1. The van der Waals surface area contributed by atoms with Crippen molar-refractivity contribution in [3.8, 4) is 0 Å². The largest absolute Gasteiger partial charge is 0.416 e. The Morgan fingerprint density at radius 3 is 2.55 bits per heavy atom. The number of aromatic nitrogens is 1. The summed E-state index contributed by atoms with van der Waals surface area (Å²) in [7, 11) is 1.57. The number of hydrogen-bond donors (Lipinski definition) is 2. The average molecular weight is 401 g/mol. The summed E-state index contributed by atoms with van der Waals surface area (Å²) < 4.78 is 42.8. The van der Waals surface area contributed by atoms with Gasteiger partial charge in [-0.2, -0.15) is 13.2 Å². The summed E-state index contributed by atoms with van der Waals surface area (Å²) in [5.74, 6) is -0.424. The highest BCUT2D eigenvalue weighted by Gasteiger charge is 2.29. The molecule has 5 nitrogen and oxygen atoms in total. The molecule has 8 heteroatoms. The number of rotatable bonds is 5. The van der Waals surface area contributed by atoms with Gasteiger partial charge < -0.3 is 15.8 Å². The first-order chi connectivity index (χ1) is 13.8. The number of benzene rings is 2. The minimum atomic E-state index is -4.39. The first-order valence-electron chi connectivity index (χ1n) is 8.60. The van der Waals surface area contributed by atoms with Crippen LogP contribution >= 0.6 is 0 Å². The van der Waals surface area contributed by atoms with Gasteiger partial charge in [0.05, 0.1) is 23.4 Å². The lowest BCUT2D eigenvalue weighted by Gasteiger charge is -2.08. The SMILES string of the molecule is COCc1cc(N)c2cc(NC(=O)C=Cc3ccc(C(F)(F)F)cc3)ccc2n1. The third-order valence-electron chi connectivity index (χ3n) is 4.12. The monoisotopic (exact) mass is 401 g/mol. The molecule has 3 N–H and O–H groups in total. The maximum atomic E-state index is 12.6. The van der Waals surface area contributed by atoms with E-state index in [1.807, 2.05) is 0 Å². The van der Waals surface area contributed by atoms with Gasteiger partial charge in [0.15, 0.2) is 0 Å². The lowest BCUT2D eigenvalue weighted by atomic mass is 10.1. The van der Waals surface area contributed by atoms with Crippen molar-refractivity contribution in [3.05, 3.63) is 71.4 Å². The fourth-order valence-corrected chi connectivity index (χ4v) is 2.75. The van der Waals surface area contributed by atoms with E-state index in [0.29, 0.717) is 40.1 Å². The van der Waals surface area contributed by atoms with E-state index in [2.05, 4.69) is 10.3 Å². The summed E-state index contributed by atoms with van der Waals surface area (Å²) in [5, 5.41) is 3.38. The number of amides is 1. The van der Waals surface area contributed by atoms with Gasteiger partial charge in [-0.25, -0.2) is 0 Å². The van der Waals surface area contributed by atoms with Crippen LogP contribution in [0.2, 0.25) is 0 Å². The molecule has 0 atom stereocenters. The summed E-state index contributed by atoms with van der Waals surface area (Å²) in [6.45, 7) is 0.341. The normalized spacial score (nSPS) is 11.9. The standard InChI is InChI=1S/C21H18F3N3O2/c1-29-12-16-11-18(25)17-10-15(7-8-19(17)26-16)27-20(28)9-4-13-2-5-14(6-3-13)21(22,23)24/h2-11H,12H2,1H3,(H2,25,26)(H,27,28). The summed E-state index contributed by atoms with van der Waals surface area (Å²) >= 11 is 0. The number of nitrogens with one attached hydrogen (secondary N) is 1. The highest BCUT2D eigenvalue weighted by molar-refractivity contribution is 6.03. The molecule has 0 aliphatic carbocycles. The molecule has 0 saturated heterocycles. The Morgan fingerprint density at radius 2 is 1.90 bits per heavy atom. The van der Waals surface area contributed by atoms with Crippen LogP contribution in [0.4, 0.5) is 24.5 Å². The van der Waals surface area contributed by atoms with Crippen LogP contribution in [0, 0.1) is 0 Å². The lowest BCUT2D eigenvalue weighted by molar-refractivity contribution is -0.137. The summed E-state index contributed by atoms with van der Waals surface area (Å²) in [6.07, 6.45) is -1.71. The Hall–Kier alpha value is -3.39. The highest BCUT2D eigenvalue weighted by Crippen LogP contribution is 2.29. The van der Waals surface area contributed by atoms with Crippen molar-refractivity contribution in [2.45, 2.75) is 12.8 Å². The second-order valence-electron chi connectivity index (χ2n) is 6.31. The number of hydrogen-bond acceptors (Lipinski definition) is 4. The summed E-state index contributed by atoms with van der Waals surface area (Å²) in [4.78, 5) is 16.6. The van der Waals surface area contributed by atoms with Crippen LogP contribution < -0.4 is 11.1 Å². The zero-order chi connectivity index (χ0) is 21.0. The molecule has 0 aliphatic heterocycles. The molecule has 0 aliphatic rings. The molecule has 0 bridgehead atoms. The number of alkyl halides is 3. The molecule has 0 saturated carbocycles. The number of fused-ring (bicyclic) bond motifs is 1. The Bertz CT molecular complexity index is 1060. The highest BCUT2D eigenvalue weighted by atomic mass is 19.4. The molecular formula is C21H18F3N3O2. The number of nitrogens with two attached hydrogens (primary N) is 1. The van der Waals surface area contributed by atoms with Gasteiger partial charge in [0, 0.05) is 29.9 Å². The Kier molecular flexibility index (Phi) is 5.84. The summed E-state index contributed by atoms with van der Waals surface area (Å²) in [5.41, 5.74) is 8.21. The van der Waals surface area contributed by atoms with E-state index < -0.39 is 17.6 Å². The quantitative estimate of drug-likeness (QED) is 0.611. The van der Waals surface area contributed by atoms with Crippen molar-refractivity contribution < 1.29 is 22.7 Å². The molecule has 2 aromatic carbocycles. The number of nitrogen functional groups attached to an aromatic ring is 1. The van der Waals surface area contributed by atoms with Gasteiger partial charge in [-0.05, 0) is 48.0 Å². The predicted molar refractivity (Wildman–Crippen MR) is 106 cm³/mol. The van der Waals surface area contributed by atoms with E-state index in [1.54, 1.807) is 31.4 Å². The van der Waals surface area contributed by atoms with Gasteiger partial charge in [0.2, 0.25) is 5.91 Å². The van der Waals surface area contributed by atoms with Crippen LogP contribution in [-0.4, -0.2) is 18.0 Å². The molecule has 3 rings (SSSR count). The predicted octanol–water partition coefficient (Wildman–Crippen LogP) is 4.63. The van der Waals surface area contributed by atoms with Crippen molar-refractivity contribution >= 4 is 34.3 Å². The Labute approximate surface area is 165 Å². The maximum Gasteiger partial charge on any atom is 0.416 e. The van der Waals surface area contributed by atoms with Crippen LogP contribution in [0.15, 0.2) is 54.6 Å². The third-order valence-corrected chi connectivity index (χ3v) is 4.12. The van der Waals surface area contributed by atoms with Gasteiger partial charge in [0.25, 0.3) is 0 Å². The number of anilines is 2. The topological polar surface area (TPSA) is 77.2 Å². The molecule has 0 radical (unpaired) electrons. The van der Waals surface area contributed by atoms with E-state index >= 15 is 0 Å². The fraction of sp³-hybridized carbons (Fsp3) is 0.143. The van der Waals surface area contributed by atoms with Crippen molar-refractivity contribution in [1.82, 2.24) is 4.98 Å². The third kappa shape index (κ3) is 5.11. The second kappa shape index (κ2) is 8.32. The lowest BCUT2D eigenvalue weighted by Crippen LogP contribution is -2.08. The number of methoxy groups -OCH3 is 1. The van der Waals surface area contributed by atoms with E-state index in [0.717, 1.165) is 12.1 Å².